The van der Waals surface area contributed by atoms with E-state index in [1.807, 2.05) is 12.1 Å². The van der Waals surface area contributed by atoms with Crippen LogP contribution in [-0.2, 0) is 16.9 Å². The highest BCUT2D eigenvalue weighted by Crippen LogP contribution is 2.47. The summed E-state index contributed by atoms with van der Waals surface area (Å²) in [6.45, 7) is 0.633. The molecule has 0 atom stereocenters. The van der Waals surface area contributed by atoms with Crippen LogP contribution in [0.15, 0.2) is 22.7 Å². The van der Waals surface area contributed by atoms with Gasteiger partial charge >= 0.3 is 0 Å². The van der Waals surface area contributed by atoms with Gasteiger partial charge in [-0.05, 0) is 30.0 Å². The monoisotopic (exact) mass is 255 g/mol. The molecule has 0 aliphatic heterocycles. The summed E-state index contributed by atoms with van der Waals surface area (Å²) in [5.41, 5.74) is 8.53. The minimum absolute atomic E-state index is 0.103. The molecule has 1 fully saturated rings. The van der Waals surface area contributed by atoms with Crippen LogP contribution in [0.2, 0.25) is 0 Å². The number of hydrogen-bond acceptors (Lipinski definition) is 2. The molecule has 0 radical (unpaired) electrons. The third kappa shape index (κ3) is 1.72. The van der Waals surface area contributed by atoms with Crippen LogP contribution in [-0.4, -0.2) is 7.11 Å². The fourth-order valence-corrected chi connectivity index (χ4v) is 2.59. The van der Waals surface area contributed by atoms with Gasteiger partial charge in [0.05, 0.1) is 6.61 Å². The van der Waals surface area contributed by atoms with E-state index in [0.717, 1.165) is 17.3 Å². The van der Waals surface area contributed by atoms with Gasteiger partial charge in [-0.1, -0.05) is 28.1 Å². The topological polar surface area (TPSA) is 35.2 Å². The molecule has 2 rings (SSSR count). The smallest absolute Gasteiger partial charge is 0.0716 e. The van der Waals surface area contributed by atoms with Gasteiger partial charge in [0, 0.05) is 17.1 Å². The molecule has 0 amide bonds. The van der Waals surface area contributed by atoms with Crippen molar-refractivity contribution in [3.05, 3.63) is 33.8 Å². The highest BCUT2D eigenvalue weighted by molar-refractivity contribution is 9.10. The Labute approximate surface area is 92.6 Å². The Morgan fingerprint density at radius 1 is 1.50 bits per heavy atom. The number of rotatable bonds is 3. The Hall–Kier alpha value is -0.380. The molecule has 1 saturated carbocycles. The van der Waals surface area contributed by atoms with E-state index in [4.69, 9.17) is 10.5 Å². The molecule has 0 heterocycles. The number of methoxy groups -OCH3 is 1. The summed E-state index contributed by atoms with van der Waals surface area (Å²) >= 11 is 3.56. The van der Waals surface area contributed by atoms with E-state index in [1.54, 1.807) is 7.11 Å². The van der Waals surface area contributed by atoms with Crippen molar-refractivity contribution in [2.45, 2.75) is 25.0 Å². The van der Waals surface area contributed by atoms with E-state index in [0.29, 0.717) is 6.61 Å². The molecule has 1 aromatic rings. The summed E-state index contributed by atoms with van der Waals surface area (Å²) in [7, 11) is 1.71. The predicted molar refractivity (Wildman–Crippen MR) is 60.0 cm³/mol. The van der Waals surface area contributed by atoms with Crippen LogP contribution < -0.4 is 5.73 Å². The molecular formula is C11H14BrNO. The zero-order valence-corrected chi connectivity index (χ0v) is 9.80. The van der Waals surface area contributed by atoms with Crippen LogP contribution in [0, 0.1) is 0 Å². The van der Waals surface area contributed by atoms with Gasteiger partial charge in [0.2, 0.25) is 0 Å². The van der Waals surface area contributed by atoms with E-state index in [2.05, 4.69) is 22.0 Å². The Morgan fingerprint density at radius 2 is 2.21 bits per heavy atom. The lowest BCUT2D eigenvalue weighted by atomic mass is 9.99. The summed E-state index contributed by atoms with van der Waals surface area (Å²) in [6.07, 6.45) is 2.15. The molecule has 1 aromatic carbocycles. The summed E-state index contributed by atoms with van der Waals surface area (Å²) < 4.78 is 6.27. The summed E-state index contributed by atoms with van der Waals surface area (Å²) in [5, 5.41) is 0. The first-order valence-corrected chi connectivity index (χ1v) is 5.52. The maximum atomic E-state index is 6.21. The molecule has 3 heteroatoms. The zero-order valence-electron chi connectivity index (χ0n) is 8.22. The van der Waals surface area contributed by atoms with E-state index in [-0.39, 0.29) is 5.54 Å². The van der Waals surface area contributed by atoms with E-state index in [9.17, 15) is 0 Å². The molecule has 2 N–H and O–H groups in total. The maximum Gasteiger partial charge on any atom is 0.0716 e. The van der Waals surface area contributed by atoms with Gasteiger partial charge in [0.25, 0.3) is 0 Å². The Kier molecular flexibility index (Phi) is 2.64. The number of nitrogens with two attached hydrogens (primary N) is 1. The molecule has 14 heavy (non-hydrogen) atoms. The largest absolute Gasteiger partial charge is 0.380 e. The predicted octanol–water partition coefficient (Wildman–Crippen LogP) is 2.54. The van der Waals surface area contributed by atoms with E-state index < -0.39 is 0 Å². The second-order valence-corrected chi connectivity index (χ2v) is 4.72. The molecule has 1 aliphatic carbocycles. The molecule has 2 nitrogen and oxygen atoms in total. The van der Waals surface area contributed by atoms with Crippen LogP contribution in [0.4, 0.5) is 0 Å². The fourth-order valence-electron chi connectivity index (χ4n) is 1.79. The van der Waals surface area contributed by atoms with Crippen LogP contribution in [0.5, 0.6) is 0 Å². The molecule has 0 bridgehead atoms. The van der Waals surface area contributed by atoms with Crippen LogP contribution in [0.3, 0.4) is 0 Å². The van der Waals surface area contributed by atoms with Crippen LogP contribution >= 0.6 is 15.9 Å². The quantitative estimate of drug-likeness (QED) is 0.901. The Bertz CT molecular complexity index is 347. The highest BCUT2D eigenvalue weighted by Gasteiger charge is 2.42. The van der Waals surface area contributed by atoms with Crippen molar-refractivity contribution in [3.8, 4) is 0 Å². The molecular weight excluding hydrogens is 242 g/mol. The summed E-state index contributed by atoms with van der Waals surface area (Å²) in [6, 6.07) is 6.14. The van der Waals surface area contributed by atoms with Gasteiger partial charge in [0.15, 0.2) is 0 Å². The molecule has 0 unspecified atom stereocenters. The van der Waals surface area contributed by atoms with E-state index in [1.165, 1.54) is 11.1 Å². The molecule has 1 aliphatic rings. The van der Waals surface area contributed by atoms with Crippen LogP contribution in [0.1, 0.15) is 24.0 Å². The first-order chi connectivity index (χ1) is 6.67. The highest BCUT2D eigenvalue weighted by atomic mass is 79.9. The first-order valence-electron chi connectivity index (χ1n) is 4.73. The van der Waals surface area contributed by atoms with Crippen LogP contribution in [0.25, 0.3) is 0 Å². The molecule has 0 aromatic heterocycles. The van der Waals surface area contributed by atoms with Gasteiger partial charge < -0.3 is 10.5 Å². The van der Waals surface area contributed by atoms with Gasteiger partial charge in [0.1, 0.15) is 0 Å². The zero-order chi connectivity index (χ0) is 10.2. The summed E-state index contributed by atoms with van der Waals surface area (Å²) in [5.74, 6) is 0. The second kappa shape index (κ2) is 3.65. The SMILES string of the molecule is COCc1cccc(Br)c1C1(N)CC1. The van der Waals surface area contributed by atoms with Crippen molar-refractivity contribution in [1.29, 1.82) is 0 Å². The lowest BCUT2D eigenvalue weighted by molar-refractivity contribution is 0.183. The first kappa shape index (κ1) is 10.1. The maximum absolute atomic E-state index is 6.21. The standard InChI is InChI=1S/C11H14BrNO/c1-14-7-8-3-2-4-9(12)10(8)11(13)5-6-11/h2-4H,5-7,13H2,1H3. The third-order valence-electron chi connectivity index (χ3n) is 2.69. The molecule has 76 valence electrons. The lowest BCUT2D eigenvalue weighted by Gasteiger charge is -2.16. The van der Waals surface area contributed by atoms with Gasteiger partial charge in [-0.3, -0.25) is 0 Å². The Balaban J connectivity index is 2.43. The number of halogens is 1. The van der Waals surface area contributed by atoms with Crippen molar-refractivity contribution < 1.29 is 4.74 Å². The van der Waals surface area contributed by atoms with Gasteiger partial charge in [-0.25, -0.2) is 0 Å². The molecule has 0 spiro atoms. The van der Waals surface area contributed by atoms with Gasteiger partial charge in [-0.15, -0.1) is 0 Å². The minimum Gasteiger partial charge on any atom is -0.380 e. The number of benzene rings is 1. The van der Waals surface area contributed by atoms with Crippen molar-refractivity contribution in [2.75, 3.05) is 7.11 Å². The second-order valence-electron chi connectivity index (χ2n) is 3.86. The average molecular weight is 256 g/mol. The van der Waals surface area contributed by atoms with Gasteiger partial charge in [-0.2, -0.15) is 0 Å². The average Bonchev–Trinajstić information content (AvgIpc) is 2.85. The summed E-state index contributed by atoms with van der Waals surface area (Å²) in [4.78, 5) is 0. The third-order valence-corrected chi connectivity index (χ3v) is 3.35. The Morgan fingerprint density at radius 3 is 2.79 bits per heavy atom. The van der Waals surface area contributed by atoms with Crippen molar-refractivity contribution in [3.63, 3.8) is 0 Å². The minimum atomic E-state index is -0.103. The number of ether oxygens (including phenoxy) is 1. The van der Waals surface area contributed by atoms with Crippen molar-refractivity contribution in [1.82, 2.24) is 0 Å². The lowest BCUT2D eigenvalue weighted by Crippen LogP contribution is -2.21. The van der Waals surface area contributed by atoms with Crippen molar-refractivity contribution >= 4 is 15.9 Å². The molecule has 0 saturated heterocycles. The normalized spacial score (nSPS) is 18.2. The number of hydrogen-bond donors (Lipinski definition) is 1. The fraction of sp³-hybridized carbons (Fsp3) is 0.455. The van der Waals surface area contributed by atoms with Crippen molar-refractivity contribution in [2.24, 2.45) is 5.73 Å². The van der Waals surface area contributed by atoms with E-state index >= 15 is 0 Å².